The van der Waals surface area contributed by atoms with Crippen molar-refractivity contribution in [3.8, 4) is 0 Å². The van der Waals surface area contributed by atoms with Crippen molar-refractivity contribution in [2.24, 2.45) is 5.84 Å². The highest BCUT2D eigenvalue weighted by Crippen LogP contribution is 2.14. The highest BCUT2D eigenvalue weighted by molar-refractivity contribution is 7.99. The second-order valence-electron chi connectivity index (χ2n) is 3.57. The van der Waals surface area contributed by atoms with Crippen LogP contribution in [0.25, 0.3) is 0 Å². The van der Waals surface area contributed by atoms with E-state index in [9.17, 15) is 4.39 Å². The van der Waals surface area contributed by atoms with Gasteiger partial charge in [-0.25, -0.2) is 15.2 Å². The molecule has 0 aliphatic heterocycles. The molecule has 0 bridgehead atoms. The zero-order valence-electron chi connectivity index (χ0n) is 10.0. The number of nitrogen functional groups attached to an aromatic ring is 1. The Bertz CT molecular complexity index is 349. The summed E-state index contributed by atoms with van der Waals surface area (Å²) in [4.78, 5) is 7.59. The lowest BCUT2D eigenvalue weighted by molar-refractivity contribution is 0.611. The normalized spacial score (nSPS) is 12.2. The second-order valence-corrected chi connectivity index (χ2v) is 4.96. The lowest BCUT2D eigenvalue weighted by atomic mass is 10.2. The number of nitrogens with two attached hydrogens (primary N) is 1. The van der Waals surface area contributed by atoms with Gasteiger partial charge < -0.3 is 5.32 Å². The Morgan fingerprint density at radius 1 is 1.59 bits per heavy atom. The van der Waals surface area contributed by atoms with Gasteiger partial charge in [0.2, 0.25) is 5.95 Å². The van der Waals surface area contributed by atoms with Crippen molar-refractivity contribution in [3.05, 3.63) is 12.0 Å². The van der Waals surface area contributed by atoms with Crippen molar-refractivity contribution in [2.45, 2.75) is 26.3 Å². The summed E-state index contributed by atoms with van der Waals surface area (Å²) >= 11 is 1.86. The largest absolute Gasteiger partial charge is 0.365 e. The minimum atomic E-state index is -0.473. The Morgan fingerprint density at radius 3 is 3.00 bits per heavy atom. The number of anilines is 2. The number of halogens is 1. The molecule has 0 saturated heterocycles. The predicted molar refractivity (Wildman–Crippen MR) is 70.5 cm³/mol. The first-order chi connectivity index (χ1) is 8.17. The van der Waals surface area contributed by atoms with E-state index in [0.29, 0.717) is 0 Å². The van der Waals surface area contributed by atoms with Gasteiger partial charge in [0.25, 0.3) is 0 Å². The van der Waals surface area contributed by atoms with Crippen molar-refractivity contribution in [1.82, 2.24) is 9.97 Å². The highest BCUT2D eigenvalue weighted by atomic mass is 32.2. The van der Waals surface area contributed by atoms with Gasteiger partial charge in [-0.15, -0.1) is 0 Å². The summed E-state index contributed by atoms with van der Waals surface area (Å²) in [6, 6.07) is 0.157. The van der Waals surface area contributed by atoms with Crippen LogP contribution in [0.3, 0.4) is 0 Å². The fourth-order valence-corrected chi connectivity index (χ4v) is 2.06. The summed E-state index contributed by atoms with van der Waals surface area (Å²) in [6.07, 6.45) is 2.05. The average molecular weight is 259 g/mol. The number of rotatable bonds is 7. The number of hydrazine groups is 1. The number of thioether (sulfide) groups is 1. The van der Waals surface area contributed by atoms with E-state index in [-0.39, 0.29) is 17.8 Å². The molecule has 96 valence electrons. The molecule has 1 aromatic heterocycles. The van der Waals surface area contributed by atoms with Crippen molar-refractivity contribution in [3.63, 3.8) is 0 Å². The number of nitrogens with one attached hydrogen (secondary N) is 2. The van der Waals surface area contributed by atoms with Gasteiger partial charge in [0.15, 0.2) is 11.6 Å². The maximum Gasteiger partial charge on any atom is 0.239 e. The van der Waals surface area contributed by atoms with Gasteiger partial charge in [-0.05, 0) is 24.9 Å². The zero-order chi connectivity index (χ0) is 12.7. The topological polar surface area (TPSA) is 75.9 Å². The lowest BCUT2D eigenvalue weighted by Gasteiger charge is -2.14. The smallest absolute Gasteiger partial charge is 0.239 e. The van der Waals surface area contributed by atoms with Crippen LogP contribution in [0, 0.1) is 5.82 Å². The fourth-order valence-electron chi connectivity index (χ4n) is 1.25. The van der Waals surface area contributed by atoms with E-state index in [4.69, 9.17) is 5.84 Å². The van der Waals surface area contributed by atoms with E-state index in [1.807, 2.05) is 18.7 Å². The average Bonchev–Trinajstić information content (AvgIpc) is 2.32. The minimum absolute atomic E-state index is 0.157. The molecular formula is C10H18FN5S. The standard InChI is InChI=1S/C10H18FN5S/c1-3-17-5-4-7(2)14-9-8(11)6-13-10(15-9)16-12/h6-7H,3-5,12H2,1-2H3,(H2,13,14,15,16). The Balaban J connectivity index is 2.54. The summed E-state index contributed by atoms with van der Waals surface area (Å²) in [5, 5.41) is 3.01. The van der Waals surface area contributed by atoms with Gasteiger partial charge in [0, 0.05) is 6.04 Å². The molecule has 1 aromatic rings. The van der Waals surface area contributed by atoms with Gasteiger partial charge in [-0.1, -0.05) is 6.92 Å². The Labute approximate surface area is 105 Å². The summed E-state index contributed by atoms with van der Waals surface area (Å²) in [7, 11) is 0. The first-order valence-corrected chi connectivity index (χ1v) is 6.66. The molecule has 0 radical (unpaired) electrons. The molecule has 0 fully saturated rings. The van der Waals surface area contributed by atoms with Crippen LogP contribution in [0.1, 0.15) is 20.3 Å². The van der Waals surface area contributed by atoms with Gasteiger partial charge in [0.05, 0.1) is 6.20 Å². The molecule has 1 heterocycles. The Morgan fingerprint density at radius 2 is 2.35 bits per heavy atom. The van der Waals surface area contributed by atoms with Crippen LogP contribution in [-0.4, -0.2) is 27.5 Å². The summed E-state index contributed by atoms with van der Waals surface area (Å²) in [6.45, 7) is 4.11. The molecule has 1 unspecified atom stereocenters. The van der Waals surface area contributed by atoms with Crippen molar-refractivity contribution >= 4 is 23.5 Å². The SMILES string of the molecule is CCSCCC(C)Nc1nc(NN)ncc1F. The van der Waals surface area contributed by atoms with E-state index in [2.05, 4.69) is 27.6 Å². The van der Waals surface area contributed by atoms with E-state index in [1.165, 1.54) is 0 Å². The highest BCUT2D eigenvalue weighted by Gasteiger charge is 2.09. The maximum atomic E-state index is 13.4. The van der Waals surface area contributed by atoms with E-state index < -0.39 is 5.82 Å². The van der Waals surface area contributed by atoms with Crippen molar-refractivity contribution in [1.29, 1.82) is 0 Å². The van der Waals surface area contributed by atoms with Gasteiger partial charge >= 0.3 is 0 Å². The van der Waals surface area contributed by atoms with Crippen LogP contribution in [0.15, 0.2) is 6.20 Å². The van der Waals surface area contributed by atoms with Crippen molar-refractivity contribution in [2.75, 3.05) is 22.2 Å². The summed E-state index contributed by atoms with van der Waals surface area (Å²) < 4.78 is 13.4. The molecule has 0 spiro atoms. The van der Waals surface area contributed by atoms with Crippen LogP contribution < -0.4 is 16.6 Å². The van der Waals surface area contributed by atoms with Crippen LogP contribution in [-0.2, 0) is 0 Å². The molecule has 0 saturated carbocycles. The van der Waals surface area contributed by atoms with Crippen LogP contribution in [0.4, 0.5) is 16.2 Å². The molecule has 1 rings (SSSR count). The molecule has 1 atom stereocenters. The summed E-state index contributed by atoms with van der Waals surface area (Å²) in [5.41, 5.74) is 2.29. The van der Waals surface area contributed by atoms with Crippen LogP contribution >= 0.6 is 11.8 Å². The van der Waals surface area contributed by atoms with E-state index >= 15 is 0 Å². The van der Waals surface area contributed by atoms with Crippen molar-refractivity contribution < 1.29 is 4.39 Å². The van der Waals surface area contributed by atoms with E-state index in [1.54, 1.807) is 0 Å². The second kappa shape index (κ2) is 7.29. The third-order valence-corrected chi connectivity index (χ3v) is 3.09. The number of aromatic nitrogens is 2. The first-order valence-electron chi connectivity index (χ1n) is 5.50. The number of hydrogen-bond acceptors (Lipinski definition) is 6. The predicted octanol–water partition coefficient (Wildman–Crippen LogP) is 1.84. The van der Waals surface area contributed by atoms with Gasteiger partial charge in [-0.2, -0.15) is 16.7 Å². The molecule has 7 heteroatoms. The first kappa shape index (κ1) is 14.0. The third kappa shape index (κ3) is 4.74. The molecule has 0 aliphatic rings. The minimum Gasteiger partial charge on any atom is -0.365 e. The lowest BCUT2D eigenvalue weighted by Crippen LogP contribution is -2.19. The summed E-state index contributed by atoms with van der Waals surface area (Å²) in [5.74, 6) is 7.21. The molecule has 4 N–H and O–H groups in total. The molecule has 0 aliphatic carbocycles. The molecule has 0 amide bonds. The van der Waals surface area contributed by atoms with Crippen LogP contribution in [0.2, 0.25) is 0 Å². The molecular weight excluding hydrogens is 241 g/mol. The fraction of sp³-hybridized carbons (Fsp3) is 0.600. The van der Waals surface area contributed by atoms with Crippen LogP contribution in [0.5, 0.6) is 0 Å². The Hall–Kier alpha value is -1.08. The maximum absolute atomic E-state index is 13.4. The van der Waals surface area contributed by atoms with Gasteiger partial charge in [-0.3, -0.25) is 5.43 Å². The molecule has 17 heavy (non-hydrogen) atoms. The number of nitrogens with zero attached hydrogens (tertiary/aromatic N) is 2. The third-order valence-electron chi connectivity index (χ3n) is 2.16. The van der Waals surface area contributed by atoms with Gasteiger partial charge in [0.1, 0.15) is 0 Å². The van der Waals surface area contributed by atoms with E-state index in [0.717, 1.165) is 24.1 Å². The monoisotopic (exact) mass is 259 g/mol. The zero-order valence-corrected chi connectivity index (χ0v) is 10.9. The molecule has 5 nitrogen and oxygen atoms in total. The molecule has 0 aromatic carbocycles. The quantitative estimate of drug-likeness (QED) is 0.394. The Kier molecular flexibility index (Phi) is 5.99. The number of hydrogen-bond donors (Lipinski definition) is 3.